The predicted molar refractivity (Wildman–Crippen MR) is 70.8 cm³/mol. The summed E-state index contributed by atoms with van der Waals surface area (Å²) in [4.78, 5) is 15.7. The first-order chi connectivity index (χ1) is 9.67. The second-order valence-electron chi connectivity index (χ2n) is 4.48. The molecular formula is C13H16N4O3. The zero-order chi connectivity index (χ0) is 14.5. The van der Waals surface area contributed by atoms with E-state index in [1.165, 1.54) is 7.11 Å². The minimum atomic E-state index is -0.542. The lowest BCUT2D eigenvalue weighted by Gasteiger charge is -2.11. The minimum Gasteiger partial charge on any atom is -0.464 e. The zero-order valence-corrected chi connectivity index (χ0v) is 11.4. The highest BCUT2D eigenvalue weighted by Gasteiger charge is 2.22. The van der Waals surface area contributed by atoms with Crippen molar-refractivity contribution in [3.8, 4) is 11.3 Å². The highest BCUT2D eigenvalue weighted by molar-refractivity contribution is 5.93. The van der Waals surface area contributed by atoms with Crippen LogP contribution in [0.5, 0.6) is 0 Å². The van der Waals surface area contributed by atoms with Gasteiger partial charge in [0.25, 0.3) is 0 Å². The van der Waals surface area contributed by atoms with Crippen LogP contribution < -0.4 is 0 Å². The van der Waals surface area contributed by atoms with E-state index in [0.717, 1.165) is 5.56 Å². The van der Waals surface area contributed by atoms with Crippen LogP contribution in [0.25, 0.3) is 11.3 Å². The Morgan fingerprint density at radius 3 is 2.75 bits per heavy atom. The minimum absolute atomic E-state index is 0.00258. The summed E-state index contributed by atoms with van der Waals surface area (Å²) in [5, 5.41) is 17.0. The molecule has 2 rings (SSSR count). The van der Waals surface area contributed by atoms with Gasteiger partial charge in [0.15, 0.2) is 5.69 Å². The molecule has 2 aromatic heterocycles. The summed E-state index contributed by atoms with van der Waals surface area (Å²) in [7, 11) is 1.30. The standard InChI is InChI=1S/C13H16N4O3/c1-9(8-18)7-17-12(10-3-5-14-6-4-10)11(15-16-17)13(19)20-2/h3-6,9,18H,7-8H2,1-2H3. The second kappa shape index (κ2) is 6.25. The number of esters is 1. The topological polar surface area (TPSA) is 90.1 Å². The molecule has 2 aromatic rings. The van der Waals surface area contributed by atoms with Gasteiger partial charge in [0.05, 0.1) is 7.11 Å². The van der Waals surface area contributed by atoms with Crippen LogP contribution in [0.3, 0.4) is 0 Å². The van der Waals surface area contributed by atoms with Gasteiger partial charge in [-0.2, -0.15) is 0 Å². The van der Waals surface area contributed by atoms with Crippen molar-refractivity contribution in [1.82, 2.24) is 20.0 Å². The first-order valence-corrected chi connectivity index (χ1v) is 6.20. The van der Waals surface area contributed by atoms with E-state index in [2.05, 4.69) is 15.3 Å². The van der Waals surface area contributed by atoms with E-state index in [1.54, 1.807) is 29.2 Å². The summed E-state index contributed by atoms with van der Waals surface area (Å²) in [6, 6.07) is 3.54. The number of hydrogen-bond donors (Lipinski definition) is 1. The smallest absolute Gasteiger partial charge is 0.360 e. The molecule has 0 amide bonds. The SMILES string of the molecule is COC(=O)c1nnn(CC(C)CO)c1-c1ccncc1. The van der Waals surface area contributed by atoms with Gasteiger partial charge in [-0.1, -0.05) is 12.1 Å². The number of aliphatic hydroxyl groups is 1. The highest BCUT2D eigenvalue weighted by atomic mass is 16.5. The Morgan fingerprint density at radius 1 is 1.45 bits per heavy atom. The maximum atomic E-state index is 11.8. The van der Waals surface area contributed by atoms with Gasteiger partial charge in [-0.15, -0.1) is 5.10 Å². The summed E-state index contributed by atoms with van der Waals surface area (Å²) < 4.78 is 6.32. The maximum Gasteiger partial charge on any atom is 0.360 e. The van der Waals surface area contributed by atoms with Gasteiger partial charge in [0.2, 0.25) is 0 Å². The lowest BCUT2D eigenvalue weighted by molar-refractivity contribution is 0.0595. The second-order valence-corrected chi connectivity index (χ2v) is 4.48. The number of methoxy groups -OCH3 is 1. The zero-order valence-electron chi connectivity index (χ0n) is 11.4. The van der Waals surface area contributed by atoms with E-state index in [9.17, 15) is 4.79 Å². The monoisotopic (exact) mass is 276 g/mol. The Hall–Kier alpha value is -2.28. The first-order valence-electron chi connectivity index (χ1n) is 6.20. The number of pyridine rings is 1. The molecule has 7 heteroatoms. The van der Waals surface area contributed by atoms with E-state index in [4.69, 9.17) is 9.84 Å². The van der Waals surface area contributed by atoms with Crippen molar-refractivity contribution in [2.75, 3.05) is 13.7 Å². The van der Waals surface area contributed by atoms with E-state index in [1.807, 2.05) is 6.92 Å². The van der Waals surface area contributed by atoms with Gasteiger partial charge in [0.1, 0.15) is 5.69 Å². The van der Waals surface area contributed by atoms with Gasteiger partial charge in [0, 0.05) is 31.1 Å². The Bertz CT molecular complexity index is 583. The normalized spacial score (nSPS) is 12.2. The Morgan fingerprint density at radius 2 is 2.15 bits per heavy atom. The summed E-state index contributed by atoms with van der Waals surface area (Å²) >= 11 is 0. The number of ether oxygens (including phenoxy) is 1. The van der Waals surface area contributed by atoms with Crippen LogP contribution in [0, 0.1) is 5.92 Å². The fraction of sp³-hybridized carbons (Fsp3) is 0.385. The van der Waals surface area contributed by atoms with Gasteiger partial charge < -0.3 is 9.84 Å². The average Bonchev–Trinajstić information content (AvgIpc) is 2.90. The molecule has 0 bridgehead atoms. The molecule has 106 valence electrons. The fourth-order valence-electron chi connectivity index (χ4n) is 1.82. The van der Waals surface area contributed by atoms with Crippen LogP contribution in [-0.2, 0) is 11.3 Å². The molecule has 0 fully saturated rings. The molecule has 7 nitrogen and oxygen atoms in total. The molecule has 0 aromatic carbocycles. The van der Waals surface area contributed by atoms with Crippen molar-refractivity contribution in [2.45, 2.75) is 13.5 Å². The molecule has 0 aliphatic heterocycles. The van der Waals surface area contributed by atoms with Crippen molar-refractivity contribution in [2.24, 2.45) is 5.92 Å². The number of nitrogens with zero attached hydrogens (tertiary/aromatic N) is 4. The molecule has 1 unspecified atom stereocenters. The fourth-order valence-corrected chi connectivity index (χ4v) is 1.82. The first kappa shape index (κ1) is 14.1. The van der Waals surface area contributed by atoms with E-state index in [0.29, 0.717) is 12.2 Å². The molecule has 0 saturated carbocycles. The number of aliphatic hydroxyl groups excluding tert-OH is 1. The third kappa shape index (κ3) is 2.83. The van der Waals surface area contributed by atoms with E-state index < -0.39 is 5.97 Å². The molecule has 1 atom stereocenters. The number of aromatic nitrogens is 4. The Balaban J connectivity index is 2.48. The molecule has 0 aliphatic carbocycles. The summed E-state index contributed by atoms with van der Waals surface area (Å²) in [6.45, 7) is 2.37. The Kier molecular flexibility index (Phi) is 4.41. The van der Waals surface area contributed by atoms with Gasteiger partial charge in [-0.25, -0.2) is 9.48 Å². The lowest BCUT2D eigenvalue weighted by atomic mass is 10.1. The largest absolute Gasteiger partial charge is 0.464 e. The molecule has 0 saturated heterocycles. The van der Waals surface area contributed by atoms with Crippen LogP contribution in [-0.4, -0.2) is 44.8 Å². The third-order valence-corrected chi connectivity index (χ3v) is 2.86. The van der Waals surface area contributed by atoms with E-state index in [-0.39, 0.29) is 18.2 Å². The van der Waals surface area contributed by atoms with Crippen molar-refractivity contribution in [1.29, 1.82) is 0 Å². The molecular weight excluding hydrogens is 260 g/mol. The lowest BCUT2D eigenvalue weighted by Crippen LogP contribution is -2.14. The van der Waals surface area contributed by atoms with Crippen molar-refractivity contribution in [3.63, 3.8) is 0 Å². The summed E-state index contributed by atoms with van der Waals surface area (Å²) in [5.74, 6) is -0.539. The third-order valence-electron chi connectivity index (χ3n) is 2.86. The number of rotatable bonds is 5. The summed E-state index contributed by atoms with van der Waals surface area (Å²) in [5.41, 5.74) is 1.50. The molecule has 0 radical (unpaired) electrons. The van der Waals surface area contributed by atoms with Crippen molar-refractivity contribution < 1.29 is 14.6 Å². The molecule has 2 heterocycles. The molecule has 20 heavy (non-hydrogen) atoms. The van der Waals surface area contributed by atoms with Crippen LogP contribution in [0.1, 0.15) is 17.4 Å². The maximum absolute atomic E-state index is 11.8. The van der Waals surface area contributed by atoms with Crippen LogP contribution in [0.2, 0.25) is 0 Å². The van der Waals surface area contributed by atoms with Gasteiger partial charge in [-0.05, 0) is 18.1 Å². The quantitative estimate of drug-likeness (QED) is 0.811. The van der Waals surface area contributed by atoms with Crippen molar-refractivity contribution >= 4 is 5.97 Å². The van der Waals surface area contributed by atoms with Crippen LogP contribution >= 0.6 is 0 Å². The van der Waals surface area contributed by atoms with Gasteiger partial charge in [-0.3, -0.25) is 4.98 Å². The number of carbonyl (C=O) groups is 1. The number of hydrogen-bond acceptors (Lipinski definition) is 6. The number of carbonyl (C=O) groups excluding carboxylic acids is 1. The molecule has 0 aliphatic rings. The highest BCUT2D eigenvalue weighted by Crippen LogP contribution is 2.23. The predicted octanol–water partition coefficient (Wildman–Crippen LogP) is 0.755. The van der Waals surface area contributed by atoms with Crippen LogP contribution in [0.4, 0.5) is 0 Å². The summed E-state index contributed by atoms with van der Waals surface area (Å²) in [6.07, 6.45) is 3.26. The van der Waals surface area contributed by atoms with E-state index >= 15 is 0 Å². The van der Waals surface area contributed by atoms with Crippen LogP contribution in [0.15, 0.2) is 24.5 Å². The van der Waals surface area contributed by atoms with Gasteiger partial charge >= 0.3 is 5.97 Å². The average molecular weight is 276 g/mol. The molecule has 0 spiro atoms. The Labute approximate surface area is 116 Å². The molecule has 1 N–H and O–H groups in total. The van der Waals surface area contributed by atoms with Crippen molar-refractivity contribution in [3.05, 3.63) is 30.2 Å².